The summed E-state index contributed by atoms with van der Waals surface area (Å²) in [5, 5.41) is 6.55. The van der Waals surface area contributed by atoms with Crippen LogP contribution in [0.1, 0.15) is 40.5 Å². The molecule has 0 aromatic carbocycles. The lowest BCUT2D eigenvalue weighted by molar-refractivity contribution is -0.124. The number of hydrogen-bond acceptors (Lipinski definition) is 4. The van der Waals surface area contributed by atoms with E-state index in [0.29, 0.717) is 11.8 Å². The van der Waals surface area contributed by atoms with E-state index in [0.717, 1.165) is 25.3 Å². The van der Waals surface area contributed by atoms with Crippen molar-refractivity contribution in [2.24, 2.45) is 5.92 Å². The van der Waals surface area contributed by atoms with Gasteiger partial charge < -0.3 is 15.6 Å². The molecule has 3 N–H and O–H groups in total. The molecule has 0 amide bonds. The van der Waals surface area contributed by atoms with E-state index in [1.807, 2.05) is 13.8 Å². The van der Waals surface area contributed by atoms with Gasteiger partial charge in [0.05, 0.1) is 6.04 Å². The smallest absolute Gasteiger partial charge is 0.200 e. The van der Waals surface area contributed by atoms with Crippen molar-refractivity contribution >= 4 is 11.7 Å². The predicted octanol–water partition coefficient (Wildman–Crippen LogP) is 2.19. The lowest BCUT2D eigenvalue weighted by atomic mass is 9.97. The summed E-state index contributed by atoms with van der Waals surface area (Å²) < 4.78 is 0. The SMILES string of the molecule is CC(C)NC(CCCNc1ncc[nH]1)C(=O)C(C)C. The molecule has 1 atom stereocenters. The Morgan fingerprint density at radius 1 is 1.37 bits per heavy atom. The number of Topliss-reactive ketones (excluding diaryl/α,β-unsaturated/α-hetero) is 1. The van der Waals surface area contributed by atoms with Crippen LogP contribution in [0.4, 0.5) is 5.95 Å². The molecule has 5 heteroatoms. The second kappa shape index (κ2) is 7.94. The molecule has 1 unspecified atom stereocenters. The fourth-order valence-electron chi connectivity index (χ4n) is 1.99. The zero-order valence-electron chi connectivity index (χ0n) is 12.4. The van der Waals surface area contributed by atoms with E-state index in [-0.39, 0.29) is 12.0 Å². The van der Waals surface area contributed by atoms with Gasteiger partial charge in [0.15, 0.2) is 11.7 Å². The highest BCUT2D eigenvalue weighted by atomic mass is 16.1. The topological polar surface area (TPSA) is 69.8 Å². The van der Waals surface area contributed by atoms with Crippen LogP contribution in [0.3, 0.4) is 0 Å². The Balaban J connectivity index is 2.33. The standard InChI is InChI=1S/C14H26N4O/c1-10(2)13(19)12(18-11(3)4)6-5-7-15-14-16-8-9-17-14/h8-12,18H,5-7H2,1-4H3,(H2,15,16,17). The molecule has 19 heavy (non-hydrogen) atoms. The molecular weight excluding hydrogens is 240 g/mol. The molecule has 5 nitrogen and oxygen atoms in total. The van der Waals surface area contributed by atoms with Crippen LogP contribution in [0, 0.1) is 5.92 Å². The Morgan fingerprint density at radius 2 is 2.11 bits per heavy atom. The first-order valence-electron chi connectivity index (χ1n) is 7.03. The van der Waals surface area contributed by atoms with E-state index in [2.05, 4.69) is 34.4 Å². The van der Waals surface area contributed by atoms with Crippen LogP contribution in [0.2, 0.25) is 0 Å². The second-order valence-electron chi connectivity index (χ2n) is 5.44. The number of carbonyl (C=O) groups excluding carboxylic acids is 1. The van der Waals surface area contributed by atoms with Crippen LogP contribution >= 0.6 is 0 Å². The van der Waals surface area contributed by atoms with Crippen LogP contribution in [0.25, 0.3) is 0 Å². The number of anilines is 1. The molecule has 1 rings (SSSR count). The van der Waals surface area contributed by atoms with Crippen molar-refractivity contribution in [3.63, 3.8) is 0 Å². The highest BCUT2D eigenvalue weighted by molar-refractivity contribution is 5.85. The van der Waals surface area contributed by atoms with Crippen LogP contribution in [0.15, 0.2) is 12.4 Å². The molecule has 0 bridgehead atoms. The number of hydrogen-bond donors (Lipinski definition) is 3. The summed E-state index contributed by atoms with van der Waals surface area (Å²) in [5.74, 6) is 1.16. The molecule has 0 saturated heterocycles. The zero-order chi connectivity index (χ0) is 14.3. The van der Waals surface area contributed by atoms with Gasteiger partial charge in [-0.25, -0.2) is 4.98 Å². The third-order valence-corrected chi connectivity index (χ3v) is 2.91. The average Bonchev–Trinajstić information content (AvgIpc) is 2.84. The number of rotatable bonds is 9. The maximum atomic E-state index is 12.1. The van der Waals surface area contributed by atoms with Crippen molar-refractivity contribution < 1.29 is 4.79 Å². The lowest BCUT2D eigenvalue weighted by Crippen LogP contribution is -2.43. The minimum Gasteiger partial charge on any atom is -0.356 e. The maximum absolute atomic E-state index is 12.1. The number of aromatic amines is 1. The third kappa shape index (κ3) is 5.87. The summed E-state index contributed by atoms with van der Waals surface area (Å²) in [4.78, 5) is 19.2. The van der Waals surface area contributed by atoms with Gasteiger partial charge in [-0.1, -0.05) is 27.7 Å². The van der Waals surface area contributed by atoms with E-state index in [9.17, 15) is 4.79 Å². The first kappa shape index (κ1) is 15.7. The molecule has 0 aliphatic rings. The Bertz CT molecular complexity index is 360. The van der Waals surface area contributed by atoms with Crippen molar-refractivity contribution in [2.75, 3.05) is 11.9 Å². The van der Waals surface area contributed by atoms with Crippen molar-refractivity contribution in [2.45, 2.75) is 52.6 Å². The molecule has 1 heterocycles. The first-order valence-corrected chi connectivity index (χ1v) is 7.03. The number of nitrogens with zero attached hydrogens (tertiary/aromatic N) is 1. The Kier molecular flexibility index (Phi) is 6.56. The minimum absolute atomic E-state index is 0.0431. The van der Waals surface area contributed by atoms with Crippen LogP contribution < -0.4 is 10.6 Å². The largest absolute Gasteiger partial charge is 0.356 e. The van der Waals surface area contributed by atoms with Crippen molar-refractivity contribution in [3.8, 4) is 0 Å². The first-order chi connectivity index (χ1) is 9.00. The van der Waals surface area contributed by atoms with Gasteiger partial charge >= 0.3 is 0 Å². The van der Waals surface area contributed by atoms with Gasteiger partial charge in [0.1, 0.15) is 0 Å². The van der Waals surface area contributed by atoms with E-state index in [1.54, 1.807) is 12.4 Å². The fourth-order valence-corrected chi connectivity index (χ4v) is 1.99. The quantitative estimate of drug-likeness (QED) is 0.599. The lowest BCUT2D eigenvalue weighted by Gasteiger charge is -2.22. The van der Waals surface area contributed by atoms with Crippen LogP contribution in [0.5, 0.6) is 0 Å². The highest BCUT2D eigenvalue weighted by Crippen LogP contribution is 2.07. The summed E-state index contributed by atoms with van der Waals surface area (Å²) in [5.41, 5.74) is 0. The summed E-state index contributed by atoms with van der Waals surface area (Å²) in [7, 11) is 0. The Hall–Kier alpha value is -1.36. The van der Waals surface area contributed by atoms with Gasteiger partial charge in [0, 0.05) is 30.9 Å². The number of imidazole rings is 1. The molecule has 108 valence electrons. The molecule has 0 saturated carbocycles. The van der Waals surface area contributed by atoms with E-state index >= 15 is 0 Å². The number of aromatic nitrogens is 2. The van der Waals surface area contributed by atoms with Gasteiger partial charge in [-0.3, -0.25) is 4.79 Å². The zero-order valence-corrected chi connectivity index (χ0v) is 12.4. The number of nitrogens with one attached hydrogen (secondary N) is 3. The third-order valence-electron chi connectivity index (χ3n) is 2.91. The van der Waals surface area contributed by atoms with Gasteiger partial charge in [-0.05, 0) is 12.8 Å². The monoisotopic (exact) mass is 266 g/mol. The van der Waals surface area contributed by atoms with E-state index in [1.165, 1.54) is 0 Å². The fraction of sp³-hybridized carbons (Fsp3) is 0.714. The highest BCUT2D eigenvalue weighted by Gasteiger charge is 2.21. The van der Waals surface area contributed by atoms with Gasteiger partial charge in [-0.2, -0.15) is 0 Å². The number of carbonyl (C=O) groups is 1. The molecule has 0 fully saturated rings. The minimum atomic E-state index is -0.0431. The van der Waals surface area contributed by atoms with E-state index < -0.39 is 0 Å². The second-order valence-corrected chi connectivity index (χ2v) is 5.44. The van der Waals surface area contributed by atoms with Gasteiger partial charge in [-0.15, -0.1) is 0 Å². The Labute approximate surface area is 115 Å². The molecule has 0 aliphatic heterocycles. The molecular formula is C14H26N4O. The molecule has 0 spiro atoms. The van der Waals surface area contributed by atoms with E-state index in [4.69, 9.17) is 0 Å². The number of ketones is 1. The summed E-state index contributed by atoms with van der Waals surface area (Å²) in [6.07, 6.45) is 5.29. The summed E-state index contributed by atoms with van der Waals surface area (Å²) in [6, 6.07) is 0.282. The van der Waals surface area contributed by atoms with Crippen LogP contribution in [-0.4, -0.2) is 34.4 Å². The van der Waals surface area contributed by atoms with Crippen LogP contribution in [-0.2, 0) is 4.79 Å². The molecule has 1 aromatic heterocycles. The molecule has 0 radical (unpaired) electrons. The van der Waals surface area contributed by atoms with Crippen molar-refractivity contribution in [3.05, 3.63) is 12.4 Å². The molecule has 1 aromatic rings. The van der Waals surface area contributed by atoms with Gasteiger partial charge in [0.2, 0.25) is 0 Å². The average molecular weight is 266 g/mol. The molecule has 0 aliphatic carbocycles. The number of H-pyrrole nitrogens is 1. The summed E-state index contributed by atoms with van der Waals surface area (Å²) in [6.45, 7) is 8.87. The van der Waals surface area contributed by atoms with Gasteiger partial charge in [0.25, 0.3) is 0 Å². The normalized spacial score (nSPS) is 12.9. The van der Waals surface area contributed by atoms with Crippen molar-refractivity contribution in [1.82, 2.24) is 15.3 Å². The predicted molar refractivity (Wildman–Crippen MR) is 78.2 cm³/mol. The maximum Gasteiger partial charge on any atom is 0.200 e. The Morgan fingerprint density at radius 3 is 2.63 bits per heavy atom. The van der Waals surface area contributed by atoms with Crippen molar-refractivity contribution in [1.29, 1.82) is 0 Å². The summed E-state index contributed by atoms with van der Waals surface area (Å²) >= 11 is 0.